The predicted molar refractivity (Wildman–Crippen MR) is 62.0 cm³/mol. The van der Waals surface area contributed by atoms with Gasteiger partial charge in [-0.05, 0) is 24.2 Å². The van der Waals surface area contributed by atoms with Crippen molar-refractivity contribution in [3.8, 4) is 0 Å². The van der Waals surface area contributed by atoms with Crippen LogP contribution in [0.3, 0.4) is 0 Å². The Hall–Kier alpha value is -1.00. The van der Waals surface area contributed by atoms with E-state index in [9.17, 15) is 0 Å². The zero-order chi connectivity index (χ0) is 10.4. The fourth-order valence-corrected chi connectivity index (χ4v) is 1.43. The van der Waals surface area contributed by atoms with Crippen LogP contribution in [0, 0.1) is 0 Å². The molecule has 0 fully saturated rings. The Balaban J connectivity index is 2.53. The van der Waals surface area contributed by atoms with Crippen molar-refractivity contribution in [2.24, 2.45) is 5.73 Å². The number of likely N-dealkylation sites (N-methyl/N-ethyl adjacent to an activating group) is 1. The molecule has 0 aliphatic rings. The number of nitrogens with two attached hydrogens (primary N) is 1. The molecule has 1 aromatic heterocycles. The van der Waals surface area contributed by atoms with Crippen LogP contribution in [0.2, 0.25) is 0 Å². The van der Waals surface area contributed by atoms with Crippen LogP contribution in [-0.4, -0.2) is 28.0 Å². The Morgan fingerprint density at radius 3 is 2.64 bits per heavy atom. The van der Waals surface area contributed by atoms with Crippen LogP contribution in [0.25, 0.3) is 0 Å². The quantitative estimate of drug-likeness (QED) is 0.740. The van der Waals surface area contributed by atoms with Gasteiger partial charge in [0.25, 0.3) is 0 Å². The molecule has 0 unspecified atom stereocenters. The molecule has 0 aliphatic carbocycles. The highest BCUT2D eigenvalue weighted by atomic mass is 32.1. The number of hydrogen-bond acceptors (Lipinski definition) is 3. The van der Waals surface area contributed by atoms with E-state index >= 15 is 0 Å². The van der Waals surface area contributed by atoms with E-state index in [1.807, 2.05) is 12.1 Å². The van der Waals surface area contributed by atoms with Gasteiger partial charge >= 0.3 is 0 Å². The molecular formula is C10H15N3S. The van der Waals surface area contributed by atoms with Gasteiger partial charge in [0, 0.05) is 25.5 Å². The van der Waals surface area contributed by atoms with Gasteiger partial charge in [-0.25, -0.2) is 0 Å². The van der Waals surface area contributed by atoms with Crippen molar-refractivity contribution in [3.05, 3.63) is 30.1 Å². The Labute approximate surface area is 89.9 Å². The predicted octanol–water partition coefficient (Wildman–Crippen LogP) is 1.19. The summed E-state index contributed by atoms with van der Waals surface area (Å²) in [4.78, 5) is 6.71. The fourth-order valence-electron chi connectivity index (χ4n) is 1.25. The SMILES string of the molecule is CCN(CC(N)=S)Cc1ccncc1. The van der Waals surface area contributed by atoms with Gasteiger partial charge in [-0.1, -0.05) is 19.1 Å². The zero-order valence-electron chi connectivity index (χ0n) is 8.31. The van der Waals surface area contributed by atoms with Crippen molar-refractivity contribution in [1.29, 1.82) is 0 Å². The van der Waals surface area contributed by atoms with Gasteiger partial charge in [0.15, 0.2) is 0 Å². The Kier molecular flexibility index (Phi) is 4.49. The molecule has 0 saturated carbocycles. The molecule has 0 saturated heterocycles. The van der Waals surface area contributed by atoms with Crippen LogP contribution in [-0.2, 0) is 6.54 Å². The van der Waals surface area contributed by atoms with E-state index in [2.05, 4.69) is 16.8 Å². The Morgan fingerprint density at radius 1 is 1.50 bits per heavy atom. The number of pyridine rings is 1. The van der Waals surface area contributed by atoms with E-state index in [1.165, 1.54) is 5.56 Å². The Bertz CT molecular complexity index is 287. The van der Waals surface area contributed by atoms with Gasteiger partial charge in [-0.3, -0.25) is 9.88 Å². The minimum atomic E-state index is 0.543. The van der Waals surface area contributed by atoms with Crippen LogP contribution < -0.4 is 5.73 Å². The first-order chi connectivity index (χ1) is 6.72. The van der Waals surface area contributed by atoms with Crippen LogP contribution in [0.1, 0.15) is 12.5 Å². The summed E-state index contributed by atoms with van der Waals surface area (Å²) in [6, 6.07) is 4.00. The summed E-state index contributed by atoms with van der Waals surface area (Å²) in [6.45, 7) is 4.59. The zero-order valence-corrected chi connectivity index (χ0v) is 9.13. The number of hydrogen-bond donors (Lipinski definition) is 1. The third kappa shape index (κ3) is 3.81. The van der Waals surface area contributed by atoms with E-state index in [-0.39, 0.29) is 0 Å². The molecule has 1 heterocycles. The molecule has 0 aromatic carbocycles. The van der Waals surface area contributed by atoms with E-state index in [0.717, 1.165) is 13.1 Å². The van der Waals surface area contributed by atoms with E-state index in [1.54, 1.807) is 12.4 Å². The number of rotatable bonds is 5. The summed E-state index contributed by atoms with van der Waals surface area (Å²) < 4.78 is 0. The lowest BCUT2D eigenvalue weighted by Gasteiger charge is -2.19. The highest BCUT2D eigenvalue weighted by molar-refractivity contribution is 7.80. The third-order valence-electron chi connectivity index (χ3n) is 1.98. The molecule has 1 aromatic rings. The highest BCUT2D eigenvalue weighted by Gasteiger charge is 2.03. The maximum absolute atomic E-state index is 5.50. The lowest BCUT2D eigenvalue weighted by Crippen LogP contribution is -2.32. The van der Waals surface area contributed by atoms with Gasteiger partial charge in [0.2, 0.25) is 0 Å². The van der Waals surface area contributed by atoms with Crippen LogP contribution >= 0.6 is 12.2 Å². The topological polar surface area (TPSA) is 42.1 Å². The van der Waals surface area contributed by atoms with Crippen molar-refractivity contribution in [2.75, 3.05) is 13.1 Å². The molecule has 0 aliphatic heterocycles. The standard InChI is InChI=1S/C10H15N3S/c1-2-13(8-10(11)14)7-9-3-5-12-6-4-9/h3-6H,2,7-8H2,1H3,(H2,11,14). The normalized spacial score (nSPS) is 10.4. The van der Waals surface area contributed by atoms with Crippen molar-refractivity contribution >= 4 is 17.2 Å². The highest BCUT2D eigenvalue weighted by Crippen LogP contribution is 2.02. The molecule has 0 amide bonds. The minimum Gasteiger partial charge on any atom is -0.392 e. The second kappa shape index (κ2) is 5.67. The molecule has 0 atom stereocenters. The molecule has 4 heteroatoms. The van der Waals surface area contributed by atoms with Gasteiger partial charge in [-0.2, -0.15) is 0 Å². The van der Waals surface area contributed by atoms with E-state index in [4.69, 9.17) is 18.0 Å². The summed E-state index contributed by atoms with van der Waals surface area (Å²) in [5, 5.41) is 0. The lowest BCUT2D eigenvalue weighted by atomic mass is 10.2. The largest absolute Gasteiger partial charge is 0.392 e. The first-order valence-electron chi connectivity index (χ1n) is 4.62. The smallest absolute Gasteiger partial charge is 0.0870 e. The number of nitrogens with zero attached hydrogens (tertiary/aromatic N) is 2. The fraction of sp³-hybridized carbons (Fsp3) is 0.400. The van der Waals surface area contributed by atoms with Crippen molar-refractivity contribution in [2.45, 2.75) is 13.5 Å². The molecule has 76 valence electrons. The summed E-state index contributed by atoms with van der Waals surface area (Å²) in [6.07, 6.45) is 3.59. The summed E-state index contributed by atoms with van der Waals surface area (Å²) in [5.41, 5.74) is 6.73. The maximum atomic E-state index is 5.50. The molecule has 2 N–H and O–H groups in total. The number of thiocarbonyl (C=S) groups is 1. The maximum Gasteiger partial charge on any atom is 0.0870 e. The van der Waals surface area contributed by atoms with Gasteiger partial charge in [0.05, 0.1) is 4.99 Å². The molecule has 0 bridgehead atoms. The third-order valence-corrected chi connectivity index (χ3v) is 2.11. The molecule has 0 spiro atoms. The van der Waals surface area contributed by atoms with Crippen LogP contribution in [0.4, 0.5) is 0 Å². The summed E-state index contributed by atoms with van der Waals surface area (Å²) >= 11 is 4.88. The monoisotopic (exact) mass is 209 g/mol. The average molecular weight is 209 g/mol. The van der Waals surface area contributed by atoms with Gasteiger partial charge in [-0.15, -0.1) is 0 Å². The molecule has 14 heavy (non-hydrogen) atoms. The second-order valence-electron chi connectivity index (χ2n) is 3.13. The van der Waals surface area contributed by atoms with Crippen molar-refractivity contribution < 1.29 is 0 Å². The van der Waals surface area contributed by atoms with E-state index < -0.39 is 0 Å². The van der Waals surface area contributed by atoms with Crippen molar-refractivity contribution in [3.63, 3.8) is 0 Å². The van der Waals surface area contributed by atoms with Crippen LogP contribution in [0.15, 0.2) is 24.5 Å². The molecular weight excluding hydrogens is 194 g/mol. The minimum absolute atomic E-state index is 0.543. The van der Waals surface area contributed by atoms with Gasteiger partial charge < -0.3 is 5.73 Å². The van der Waals surface area contributed by atoms with Crippen LogP contribution in [0.5, 0.6) is 0 Å². The molecule has 1 rings (SSSR count). The number of aromatic nitrogens is 1. The van der Waals surface area contributed by atoms with E-state index in [0.29, 0.717) is 11.5 Å². The second-order valence-corrected chi connectivity index (χ2v) is 3.65. The first-order valence-corrected chi connectivity index (χ1v) is 5.02. The molecule has 3 nitrogen and oxygen atoms in total. The summed E-state index contributed by atoms with van der Waals surface area (Å²) in [5.74, 6) is 0. The average Bonchev–Trinajstić information content (AvgIpc) is 2.17. The lowest BCUT2D eigenvalue weighted by molar-refractivity contribution is 0.321. The first kappa shape index (κ1) is 11.1. The van der Waals surface area contributed by atoms with Gasteiger partial charge in [0.1, 0.15) is 0 Å². The molecule has 0 radical (unpaired) electrons. The summed E-state index contributed by atoms with van der Waals surface area (Å²) in [7, 11) is 0. The van der Waals surface area contributed by atoms with Crippen molar-refractivity contribution in [1.82, 2.24) is 9.88 Å². The Morgan fingerprint density at radius 2 is 2.14 bits per heavy atom.